The summed E-state index contributed by atoms with van der Waals surface area (Å²) in [6.07, 6.45) is 1.70. The van der Waals surface area contributed by atoms with Crippen molar-refractivity contribution >= 4 is 0 Å². The monoisotopic (exact) mass is 279 g/mol. The predicted octanol–water partition coefficient (Wildman–Crippen LogP) is 2.34. The molecular formula is C16H25NO3. The van der Waals surface area contributed by atoms with Gasteiger partial charge in [-0.3, -0.25) is 0 Å². The number of ether oxygens (including phenoxy) is 2. The van der Waals surface area contributed by atoms with Crippen LogP contribution in [-0.2, 0) is 6.54 Å². The standard InChI is InChI=1S/C16H25NO3/c1-12(2)14(6-7-18)17-11-13-4-5-15-16(10-13)20-9-3-8-19-15/h4-5,10,12,14,17-18H,3,6-9,11H2,1-2H3. The maximum absolute atomic E-state index is 9.10. The van der Waals surface area contributed by atoms with Crippen LogP contribution in [0.2, 0.25) is 0 Å². The minimum atomic E-state index is 0.219. The molecule has 2 rings (SSSR count). The molecule has 112 valence electrons. The molecule has 1 atom stereocenters. The Kier molecular flexibility index (Phi) is 5.68. The molecule has 0 fully saturated rings. The molecule has 0 saturated heterocycles. The van der Waals surface area contributed by atoms with Crippen LogP contribution in [0.25, 0.3) is 0 Å². The molecule has 1 aliphatic rings. The third-order valence-electron chi connectivity index (χ3n) is 3.63. The number of rotatable bonds is 6. The van der Waals surface area contributed by atoms with Gasteiger partial charge in [-0.15, -0.1) is 0 Å². The number of fused-ring (bicyclic) bond motifs is 1. The lowest BCUT2D eigenvalue weighted by atomic mass is 10.0. The van der Waals surface area contributed by atoms with Gasteiger partial charge in [0.2, 0.25) is 0 Å². The van der Waals surface area contributed by atoms with Crippen molar-refractivity contribution in [2.24, 2.45) is 5.92 Å². The zero-order chi connectivity index (χ0) is 14.4. The average Bonchev–Trinajstić information content (AvgIpc) is 2.67. The Morgan fingerprint density at radius 3 is 2.65 bits per heavy atom. The number of aliphatic hydroxyl groups excluding tert-OH is 1. The molecule has 1 aromatic rings. The third kappa shape index (κ3) is 4.12. The molecule has 1 heterocycles. The van der Waals surface area contributed by atoms with E-state index in [1.165, 1.54) is 5.56 Å². The number of aliphatic hydroxyl groups is 1. The predicted molar refractivity (Wildman–Crippen MR) is 79.2 cm³/mol. The minimum Gasteiger partial charge on any atom is -0.490 e. The molecule has 0 spiro atoms. The lowest BCUT2D eigenvalue weighted by molar-refractivity contribution is 0.243. The van der Waals surface area contributed by atoms with Gasteiger partial charge in [0.05, 0.1) is 13.2 Å². The average molecular weight is 279 g/mol. The molecule has 4 nitrogen and oxygen atoms in total. The van der Waals surface area contributed by atoms with Crippen LogP contribution in [0.1, 0.15) is 32.3 Å². The highest BCUT2D eigenvalue weighted by Crippen LogP contribution is 2.30. The van der Waals surface area contributed by atoms with Gasteiger partial charge >= 0.3 is 0 Å². The van der Waals surface area contributed by atoms with Crippen molar-refractivity contribution < 1.29 is 14.6 Å². The number of hydrogen-bond donors (Lipinski definition) is 2. The third-order valence-corrected chi connectivity index (χ3v) is 3.63. The summed E-state index contributed by atoms with van der Waals surface area (Å²) in [7, 11) is 0. The molecule has 0 aromatic heterocycles. The SMILES string of the molecule is CC(C)C(CCO)NCc1ccc2c(c1)OCCCO2. The van der Waals surface area contributed by atoms with E-state index in [2.05, 4.69) is 25.2 Å². The Hall–Kier alpha value is -1.26. The fourth-order valence-electron chi connectivity index (χ4n) is 2.38. The van der Waals surface area contributed by atoms with Crippen LogP contribution < -0.4 is 14.8 Å². The summed E-state index contributed by atoms with van der Waals surface area (Å²) in [4.78, 5) is 0. The topological polar surface area (TPSA) is 50.7 Å². The van der Waals surface area contributed by atoms with E-state index in [1.54, 1.807) is 0 Å². The quantitative estimate of drug-likeness (QED) is 0.839. The maximum atomic E-state index is 9.10. The Bertz CT molecular complexity index is 420. The fraction of sp³-hybridized carbons (Fsp3) is 0.625. The van der Waals surface area contributed by atoms with Crippen molar-refractivity contribution in [2.75, 3.05) is 19.8 Å². The molecule has 1 unspecified atom stereocenters. The zero-order valence-electron chi connectivity index (χ0n) is 12.4. The van der Waals surface area contributed by atoms with E-state index in [-0.39, 0.29) is 6.61 Å². The molecule has 0 radical (unpaired) electrons. The van der Waals surface area contributed by atoms with Crippen molar-refractivity contribution in [1.82, 2.24) is 5.32 Å². The van der Waals surface area contributed by atoms with E-state index in [0.29, 0.717) is 18.6 Å². The van der Waals surface area contributed by atoms with Crippen LogP contribution in [-0.4, -0.2) is 31.0 Å². The Morgan fingerprint density at radius 2 is 1.95 bits per heavy atom. The largest absolute Gasteiger partial charge is 0.490 e. The number of benzene rings is 1. The smallest absolute Gasteiger partial charge is 0.161 e. The summed E-state index contributed by atoms with van der Waals surface area (Å²) in [5.74, 6) is 2.18. The van der Waals surface area contributed by atoms with Crippen LogP contribution in [0, 0.1) is 5.92 Å². The highest BCUT2D eigenvalue weighted by Gasteiger charge is 2.14. The van der Waals surface area contributed by atoms with Gasteiger partial charge in [-0.2, -0.15) is 0 Å². The summed E-state index contributed by atoms with van der Waals surface area (Å²) in [5, 5.41) is 12.6. The van der Waals surface area contributed by atoms with Gasteiger partial charge < -0.3 is 19.9 Å². The van der Waals surface area contributed by atoms with Crippen LogP contribution in [0.3, 0.4) is 0 Å². The van der Waals surface area contributed by atoms with Gasteiger partial charge in [0, 0.05) is 25.6 Å². The number of hydrogen-bond acceptors (Lipinski definition) is 4. The minimum absolute atomic E-state index is 0.219. The Morgan fingerprint density at radius 1 is 1.20 bits per heavy atom. The van der Waals surface area contributed by atoms with Gasteiger partial charge in [-0.25, -0.2) is 0 Å². The zero-order valence-corrected chi connectivity index (χ0v) is 12.4. The second-order valence-electron chi connectivity index (χ2n) is 5.58. The molecule has 4 heteroatoms. The fourth-order valence-corrected chi connectivity index (χ4v) is 2.38. The lowest BCUT2D eigenvalue weighted by Crippen LogP contribution is -2.34. The lowest BCUT2D eigenvalue weighted by Gasteiger charge is -2.22. The van der Waals surface area contributed by atoms with Gasteiger partial charge in [0.25, 0.3) is 0 Å². The second kappa shape index (κ2) is 7.50. The molecule has 20 heavy (non-hydrogen) atoms. The Labute approximate surface area is 121 Å². The summed E-state index contributed by atoms with van der Waals surface area (Å²) >= 11 is 0. The molecule has 0 saturated carbocycles. The summed E-state index contributed by atoms with van der Waals surface area (Å²) in [5.41, 5.74) is 1.18. The maximum Gasteiger partial charge on any atom is 0.161 e. The van der Waals surface area contributed by atoms with E-state index < -0.39 is 0 Å². The highest BCUT2D eigenvalue weighted by molar-refractivity contribution is 5.43. The van der Waals surface area contributed by atoms with Crippen LogP contribution >= 0.6 is 0 Å². The van der Waals surface area contributed by atoms with Crippen molar-refractivity contribution in [3.63, 3.8) is 0 Å². The van der Waals surface area contributed by atoms with Crippen molar-refractivity contribution in [3.05, 3.63) is 23.8 Å². The summed E-state index contributed by atoms with van der Waals surface area (Å²) in [6.45, 7) is 6.76. The first-order valence-electron chi connectivity index (χ1n) is 7.43. The van der Waals surface area contributed by atoms with Gasteiger partial charge in [-0.05, 0) is 30.0 Å². The number of nitrogens with one attached hydrogen (secondary N) is 1. The van der Waals surface area contributed by atoms with E-state index in [1.807, 2.05) is 12.1 Å². The molecule has 0 bridgehead atoms. The normalized spacial score (nSPS) is 16.0. The molecule has 0 aliphatic carbocycles. The van der Waals surface area contributed by atoms with Crippen molar-refractivity contribution in [1.29, 1.82) is 0 Å². The summed E-state index contributed by atoms with van der Waals surface area (Å²) < 4.78 is 11.3. The molecule has 1 aromatic carbocycles. The molecule has 0 amide bonds. The molecule has 1 aliphatic heterocycles. The van der Waals surface area contributed by atoms with Crippen molar-refractivity contribution in [2.45, 2.75) is 39.3 Å². The van der Waals surface area contributed by atoms with E-state index >= 15 is 0 Å². The molecular weight excluding hydrogens is 254 g/mol. The molecule has 2 N–H and O–H groups in total. The summed E-state index contributed by atoms with van der Waals surface area (Å²) in [6, 6.07) is 6.42. The van der Waals surface area contributed by atoms with Gasteiger partial charge in [-0.1, -0.05) is 19.9 Å². The first kappa shape index (κ1) is 15.1. The van der Waals surface area contributed by atoms with Gasteiger partial charge in [0.15, 0.2) is 11.5 Å². The van der Waals surface area contributed by atoms with E-state index in [0.717, 1.165) is 37.5 Å². The van der Waals surface area contributed by atoms with Crippen LogP contribution in [0.15, 0.2) is 18.2 Å². The van der Waals surface area contributed by atoms with Crippen molar-refractivity contribution in [3.8, 4) is 11.5 Å². The van der Waals surface area contributed by atoms with E-state index in [9.17, 15) is 0 Å². The van der Waals surface area contributed by atoms with E-state index in [4.69, 9.17) is 14.6 Å². The first-order chi connectivity index (χ1) is 9.70. The first-order valence-corrected chi connectivity index (χ1v) is 7.43. The highest BCUT2D eigenvalue weighted by atomic mass is 16.5. The van der Waals surface area contributed by atoms with Gasteiger partial charge in [0.1, 0.15) is 0 Å². The Balaban J connectivity index is 1.97. The second-order valence-corrected chi connectivity index (χ2v) is 5.58. The van der Waals surface area contributed by atoms with Crippen LogP contribution in [0.5, 0.6) is 11.5 Å². The van der Waals surface area contributed by atoms with Crippen LogP contribution in [0.4, 0.5) is 0 Å².